The van der Waals surface area contributed by atoms with Crippen molar-refractivity contribution in [1.82, 2.24) is 0 Å². The molecule has 0 aliphatic rings. The predicted octanol–water partition coefficient (Wildman–Crippen LogP) is 5.53. The second kappa shape index (κ2) is 10.5. The van der Waals surface area contributed by atoms with Crippen molar-refractivity contribution in [2.24, 2.45) is 5.16 Å². The van der Waals surface area contributed by atoms with E-state index in [0.717, 1.165) is 14.5 Å². The van der Waals surface area contributed by atoms with E-state index in [4.69, 9.17) is 25.9 Å². The molecule has 0 saturated carbocycles. The number of halogens is 3. The van der Waals surface area contributed by atoms with E-state index in [0.29, 0.717) is 16.3 Å². The van der Waals surface area contributed by atoms with Crippen molar-refractivity contribution < 1.29 is 19.1 Å². The molecule has 0 fully saturated rings. The van der Waals surface area contributed by atoms with E-state index in [1.807, 2.05) is 30.3 Å². The third-order valence-electron chi connectivity index (χ3n) is 3.46. The molecule has 0 bridgehead atoms. The minimum Gasteiger partial charge on any atom is -0.489 e. The molecule has 0 spiro atoms. The predicted molar refractivity (Wildman–Crippen MR) is 114 cm³/mol. The first-order valence-corrected chi connectivity index (χ1v) is 9.65. The maximum Gasteiger partial charge on any atom is 0.360 e. The number of ether oxygens (including phenoxy) is 2. The van der Waals surface area contributed by atoms with Crippen molar-refractivity contribution in [1.29, 1.82) is 0 Å². The van der Waals surface area contributed by atoms with Gasteiger partial charge in [-0.1, -0.05) is 41.0 Å². The van der Waals surface area contributed by atoms with E-state index in [1.54, 1.807) is 18.2 Å². The van der Waals surface area contributed by atoms with Crippen molar-refractivity contribution in [2.45, 2.75) is 6.61 Å². The molecule has 2 aromatic rings. The van der Waals surface area contributed by atoms with Crippen molar-refractivity contribution in [3.05, 3.63) is 67.6 Å². The molecule has 0 aliphatic heterocycles. The second-order valence-corrected chi connectivity index (χ2v) is 8.36. The van der Waals surface area contributed by atoms with Gasteiger partial charge < -0.3 is 14.3 Å². The lowest BCUT2D eigenvalue weighted by Crippen LogP contribution is -2.19. The zero-order chi connectivity index (χ0) is 19.8. The maximum absolute atomic E-state index is 12.0. The van der Waals surface area contributed by atoms with E-state index in [-0.39, 0.29) is 12.3 Å². The summed E-state index contributed by atoms with van der Waals surface area (Å²) < 4.78 is 11.4. The maximum atomic E-state index is 12.0. The number of oxime groups is 1. The van der Waals surface area contributed by atoms with Crippen molar-refractivity contribution in [3.8, 4) is 5.75 Å². The minimum absolute atomic E-state index is 0.0693. The smallest absolute Gasteiger partial charge is 0.360 e. The van der Waals surface area contributed by atoms with Gasteiger partial charge in [0.1, 0.15) is 19.5 Å². The van der Waals surface area contributed by atoms with E-state index >= 15 is 0 Å². The Kier molecular flexibility index (Phi) is 8.34. The first-order chi connectivity index (χ1) is 13.0. The summed E-state index contributed by atoms with van der Waals surface area (Å²) in [6.45, 7) is 0.212. The highest BCUT2D eigenvalue weighted by Crippen LogP contribution is 2.28. The number of hydrogen-bond acceptors (Lipinski definition) is 5. The van der Waals surface area contributed by atoms with Gasteiger partial charge in [-0.3, -0.25) is 0 Å². The number of carbonyl (C=O) groups is 1. The Labute approximate surface area is 179 Å². The number of benzene rings is 2. The standard InChI is InChI=1S/C19H16Br2ClNO4/c1-25-19(24)18(23-26-2)15-6-4-3-5-13(15)11-27-14-8-7-12(9-17(20)21)16(22)10-14/h3-10H,11H2,1-2H3/b23-18+. The molecule has 0 radical (unpaired) electrons. The summed E-state index contributed by atoms with van der Waals surface area (Å²) in [6.07, 6.45) is 1.84. The van der Waals surface area contributed by atoms with Crippen LogP contribution >= 0.6 is 43.5 Å². The fourth-order valence-corrected chi connectivity index (χ4v) is 2.97. The van der Waals surface area contributed by atoms with Crippen LogP contribution in [0.4, 0.5) is 0 Å². The highest BCUT2D eigenvalue weighted by Gasteiger charge is 2.19. The fourth-order valence-electron chi connectivity index (χ4n) is 2.25. The summed E-state index contributed by atoms with van der Waals surface area (Å²) in [6, 6.07) is 12.6. The number of rotatable bonds is 7. The lowest BCUT2D eigenvalue weighted by atomic mass is 10.0. The summed E-state index contributed by atoms with van der Waals surface area (Å²) in [4.78, 5) is 16.8. The van der Waals surface area contributed by atoms with E-state index < -0.39 is 5.97 Å². The average Bonchev–Trinajstić information content (AvgIpc) is 2.66. The van der Waals surface area contributed by atoms with Gasteiger partial charge >= 0.3 is 5.97 Å². The van der Waals surface area contributed by atoms with Crippen LogP contribution in [0.2, 0.25) is 5.02 Å². The number of hydrogen-bond donors (Lipinski definition) is 0. The summed E-state index contributed by atoms with van der Waals surface area (Å²) in [5.41, 5.74) is 2.23. The Balaban J connectivity index is 2.24. The van der Waals surface area contributed by atoms with Crippen LogP contribution in [0.1, 0.15) is 16.7 Å². The molecular weight excluding hydrogens is 501 g/mol. The van der Waals surface area contributed by atoms with Crippen LogP contribution in [-0.4, -0.2) is 25.9 Å². The van der Waals surface area contributed by atoms with Crippen molar-refractivity contribution in [2.75, 3.05) is 14.2 Å². The normalized spacial score (nSPS) is 10.9. The fraction of sp³-hybridized carbons (Fsp3) is 0.158. The number of methoxy groups -OCH3 is 1. The molecular formula is C19H16Br2ClNO4. The zero-order valence-electron chi connectivity index (χ0n) is 14.5. The van der Waals surface area contributed by atoms with Gasteiger partial charge in [-0.25, -0.2) is 4.79 Å². The molecule has 0 aromatic heterocycles. The van der Waals surface area contributed by atoms with Gasteiger partial charge in [-0.05, 0) is 67.3 Å². The Hall–Kier alpha value is -1.83. The van der Waals surface area contributed by atoms with E-state index in [2.05, 4.69) is 37.0 Å². The number of nitrogens with zero attached hydrogens (tertiary/aromatic N) is 1. The van der Waals surface area contributed by atoms with Gasteiger partial charge in [-0.2, -0.15) is 0 Å². The van der Waals surface area contributed by atoms with Gasteiger partial charge in [0.25, 0.3) is 0 Å². The van der Waals surface area contributed by atoms with Gasteiger partial charge in [0.05, 0.1) is 15.5 Å². The number of carbonyl (C=O) groups excluding carboxylic acids is 1. The monoisotopic (exact) mass is 515 g/mol. The molecule has 0 unspecified atom stereocenters. The summed E-state index contributed by atoms with van der Waals surface area (Å²) in [5, 5.41) is 4.33. The van der Waals surface area contributed by atoms with E-state index in [9.17, 15) is 4.79 Å². The molecule has 8 heteroatoms. The molecule has 0 saturated heterocycles. The van der Waals surface area contributed by atoms with E-state index in [1.165, 1.54) is 14.2 Å². The molecule has 0 aliphatic carbocycles. The second-order valence-electron chi connectivity index (χ2n) is 5.18. The molecule has 27 heavy (non-hydrogen) atoms. The molecule has 2 aromatic carbocycles. The third kappa shape index (κ3) is 6.09. The zero-order valence-corrected chi connectivity index (χ0v) is 18.5. The Bertz CT molecular complexity index is 880. The summed E-state index contributed by atoms with van der Waals surface area (Å²) in [5.74, 6) is 0.00443. The molecule has 0 N–H and O–H groups in total. The highest BCUT2D eigenvalue weighted by atomic mass is 79.9. The molecule has 2 rings (SSSR count). The summed E-state index contributed by atoms with van der Waals surface area (Å²) >= 11 is 12.9. The lowest BCUT2D eigenvalue weighted by molar-refractivity contribution is -0.132. The SMILES string of the molecule is CO/N=C(/C(=O)OC)c1ccccc1COc1ccc(C=C(Br)Br)c(Cl)c1. The van der Waals surface area contributed by atoms with Crippen LogP contribution in [0.15, 0.2) is 51.0 Å². The Morgan fingerprint density at radius 2 is 1.93 bits per heavy atom. The quantitative estimate of drug-likeness (QED) is 0.275. The van der Waals surface area contributed by atoms with Crippen LogP contribution in [0.3, 0.4) is 0 Å². The molecule has 0 heterocycles. The van der Waals surface area contributed by atoms with Gasteiger partial charge in [0.15, 0.2) is 5.71 Å². The van der Waals surface area contributed by atoms with Crippen molar-refractivity contribution in [3.63, 3.8) is 0 Å². The van der Waals surface area contributed by atoms with Crippen LogP contribution in [0, 0.1) is 0 Å². The first-order valence-electron chi connectivity index (χ1n) is 7.69. The topological polar surface area (TPSA) is 57.1 Å². The molecule has 142 valence electrons. The minimum atomic E-state index is -0.594. The van der Waals surface area contributed by atoms with Crippen LogP contribution in [0.5, 0.6) is 5.75 Å². The molecule has 0 atom stereocenters. The number of esters is 1. The first kappa shape index (κ1) is 21.5. The van der Waals surface area contributed by atoms with Crippen LogP contribution in [-0.2, 0) is 21.0 Å². The Morgan fingerprint density at radius 1 is 1.19 bits per heavy atom. The van der Waals surface area contributed by atoms with Crippen LogP contribution < -0.4 is 4.74 Å². The average molecular weight is 518 g/mol. The third-order valence-corrected chi connectivity index (χ3v) is 4.25. The largest absolute Gasteiger partial charge is 0.489 e. The van der Waals surface area contributed by atoms with Gasteiger partial charge in [0.2, 0.25) is 0 Å². The van der Waals surface area contributed by atoms with Gasteiger partial charge in [0, 0.05) is 5.56 Å². The lowest BCUT2D eigenvalue weighted by Gasteiger charge is -2.12. The molecule has 0 amide bonds. The van der Waals surface area contributed by atoms with Crippen LogP contribution in [0.25, 0.3) is 6.08 Å². The van der Waals surface area contributed by atoms with Crippen molar-refractivity contribution >= 4 is 61.2 Å². The highest BCUT2D eigenvalue weighted by molar-refractivity contribution is 9.28. The Morgan fingerprint density at radius 3 is 2.56 bits per heavy atom. The summed E-state index contributed by atoms with van der Waals surface area (Å²) in [7, 11) is 2.65. The van der Waals surface area contributed by atoms with Gasteiger partial charge in [-0.15, -0.1) is 0 Å². The molecule has 5 nitrogen and oxygen atoms in total.